The topological polar surface area (TPSA) is 76.2 Å². The number of carbonyl (C=O) groups excluding carboxylic acids is 3. The standard InChI is InChI=1S/C20H23NO4S/c1-11-18(13(3)22)12(2)21-19(11)15(23)10-25-20(24)17-9-14-7-5-4-6-8-16(14)26-17/h9,21H,4-8,10H2,1-3H3. The number of nitrogens with one attached hydrogen (secondary N) is 1. The molecular weight excluding hydrogens is 350 g/mol. The number of H-pyrrole nitrogens is 1. The van der Waals surface area contributed by atoms with Crippen molar-refractivity contribution in [3.05, 3.63) is 43.9 Å². The van der Waals surface area contributed by atoms with E-state index < -0.39 is 5.97 Å². The first-order chi connectivity index (χ1) is 12.4. The molecule has 1 aliphatic rings. The molecule has 138 valence electrons. The molecule has 0 saturated heterocycles. The Labute approximate surface area is 156 Å². The number of ketones is 2. The molecule has 0 aliphatic heterocycles. The summed E-state index contributed by atoms with van der Waals surface area (Å²) in [5, 5.41) is 0. The smallest absolute Gasteiger partial charge is 0.348 e. The molecule has 26 heavy (non-hydrogen) atoms. The third-order valence-electron chi connectivity index (χ3n) is 4.85. The zero-order valence-corrected chi connectivity index (χ0v) is 16.2. The SMILES string of the molecule is CC(=O)c1c(C)[nH]c(C(=O)COC(=O)c2cc3c(s2)CCCCC3)c1C. The zero-order chi connectivity index (χ0) is 18.8. The van der Waals surface area contributed by atoms with Gasteiger partial charge in [0.2, 0.25) is 5.78 Å². The Morgan fingerprint density at radius 3 is 2.58 bits per heavy atom. The fourth-order valence-electron chi connectivity index (χ4n) is 3.60. The van der Waals surface area contributed by atoms with Crippen LogP contribution in [0.3, 0.4) is 0 Å². The van der Waals surface area contributed by atoms with Crippen LogP contribution in [0.4, 0.5) is 0 Å². The average Bonchev–Trinajstić information content (AvgIpc) is 3.05. The highest BCUT2D eigenvalue weighted by molar-refractivity contribution is 7.14. The third-order valence-corrected chi connectivity index (χ3v) is 6.07. The van der Waals surface area contributed by atoms with Crippen molar-refractivity contribution in [2.75, 3.05) is 6.61 Å². The van der Waals surface area contributed by atoms with Crippen LogP contribution >= 0.6 is 11.3 Å². The quantitative estimate of drug-likeness (QED) is 0.484. The van der Waals surface area contributed by atoms with Gasteiger partial charge < -0.3 is 9.72 Å². The highest BCUT2D eigenvalue weighted by atomic mass is 32.1. The summed E-state index contributed by atoms with van der Waals surface area (Å²) in [6, 6.07) is 1.91. The lowest BCUT2D eigenvalue weighted by atomic mass is 10.1. The van der Waals surface area contributed by atoms with E-state index in [9.17, 15) is 14.4 Å². The number of ether oxygens (including phenoxy) is 1. The average molecular weight is 373 g/mol. The second kappa shape index (κ2) is 7.58. The lowest BCUT2D eigenvalue weighted by molar-refractivity contribution is 0.0478. The van der Waals surface area contributed by atoms with Gasteiger partial charge in [0.25, 0.3) is 0 Å². The molecule has 0 saturated carbocycles. The summed E-state index contributed by atoms with van der Waals surface area (Å²) in [5.41, 5.74) is 3.38. The number of carbonyl (C=O) groups is 3. The number of aromatic amines is 1. The van der Waals surface area contributed by atoms with E-state index in [4.69, 9.17) is 4.74 Å². The predicted molar refractivity (Wildman–Crippen MR) is 100 cm³/mol. The molecular formula is C20H23NO4S. The largest absolute Gasteiger partial charge is 0.453 e. The predicted octanol–water partition coefficient (Wildman–Crippen LogP) is 4.20. The summed E-state index contributed by atoms with van der Waals surface area (Å²) < 4.78 is 5.23. The van der Waals surface area contributed by atoms with Crippen molar-refractivity contribution in [2.24, 2.45) is 0 Å². The summed E-state index contributed by atoms with van der Waals surface area (Å²) in [6.07, 6.45) is 5.56. The van der Waals surface area contributed by atoms with E-state index in [-0.39, 0.29) is 18.2 Å². The van der Waals surface area contributed by atoms with Gasteiger partial charge in [-0.25, -0.2) is 4.79 Å². The van der Waals surface area contributed by atoms with Crippen LogP contribution in [0.5, 0.6) is 0 Å². The molecule has 0 fully saturated rings. The minimum atomic E-state index is -0.454. The van der Waals surface area contributed by atoms with Gasteiger partial charge in [-0.1, -0.05) is 6.42 Å². The number of esters is 1. The van der Waals surface area contributed by atoms with Gasteiger partial charge in [0, 0.05) is 16.1 Å². The molecule has 0 spiro atoms. The number of hydrogen-bond donors (Lipinski definition) is 1. The van der Waals surface area contributed by atoms with Crippen LogP contribution in [-0.2, 0) is 17.6 Å². The monoisotopic (exact) mass is 373 g/mol. The van der Waals surface area contributed by atoms with Crippen LogP contribution in [0.2, 0.25) is 0 Å². The minimum absolute atomic E-state index is 0.0904. The molecule has 0 amide bonds. The van der Waals surface area contributed by atoms with E-state index >= 15 is 0 Å². The fourth-order valence-corrected chi connectivity index (χ4v) is 4.75. The molecule has 0 bridgehead atoms. The Hall–Kier alpha value is -2.21. The van der Waals surface area contributed by atoms with Crippen LogP contribution in [0, 0.1) is 13.8 Å². The molecule has 3 rings (SSSR count). The van der Waals surface area contributed by atoms with Crippen molar-refractivity contribution in [1.29, 1.82) is 0 Å². The van der Waals surface area contributed by atoms with E-state index in [0.717, 1.165) is 25.7 Å². The van der Waals surface area contributed by atoms with Crippen molar-refractivity contribution in [3.63, 3.8) is 0 Å². The van der Waals surface area contributed by atoms with Crippen LogP contribution in [0.15, 0.2) is 6.07 Å². The Kier molecular flexibility index (Phi) is 5.41. The molecule has 2 aromatic rings. The van der Waals surface area contributed by atoms with Gasteiger partial charge in [0.1, 0.15) is 4.88 Å². The Morgan fingerprint density at radius 1 is 1.15 bits per heavy atom. The van der Waals surface area contributed by atoms with Crippen molar-refractivity contribution in [2.45, 2.75) is 52.9 Å². The Bertz CT molecular complexity index is 851. The lowest BCUT2D eigenvalue weighted by Gasteiger charge is -2.03. The van der Waals surface area contributed by atoms with E-state index in [1.807, 2.05) is 6.07 Å². The summed E-state index contributed by atoms with van der Waals surface area (Å²) in [7, 11) is 0. The van der Waals surface area contributed by atoms with Crippen LogP contribution in [-0.4, -0.2) is 29.1 Å². The van der Waals surface area contributed by atoms with Crippen LogP contribution < -0.4 is 0 Å². The summed E-state index contributed by atoms with van der Waals surface area (Å²) in [5.74, 6) is -0.874. The number of fused-ring (bicyclic) bond motifs is 1. The lowest BCUT2D eigenvalue weighted by Crippen LogP contribution is -2.15. The van der Waals surface area contributed by atoms with Gasteiger partial charge in [-0.15, -0.1) is 11.3 Å². The van der Waals surface area contributed by atoms with Gasteiger partial charge in [0.05, 0.1) is 5.69 Å². The number of hydrogen-bond acceptors (Lipinski definition) is 5. The summed E-state index contributed by atoms with van der Waals surface area (Å²) in [4.78, 5) is 41.2. The maximum atomic E-state index is 12.4. The maximum Gasteiger partial charge on any atom is 0.348 e. The van der Waals surface area contributed by atoms with Gasteiger partial charge in [-0.2, -0.15) is 0 Å². The first kappa shape index (κ1) is 18.6. The summed E-state index contributed by atoms with van der Waals surface area (Å²) >= 11 is 1.48. The van der Waals surface area contributed by atoms with Gasteiger partial charge in [-0.3, -0.25) is 9.59 Å². The van der Waals surface area contributed by atoms with Gasteiger partial charge in [-0.05, 0) is 63.6 Å². The second-order valence-electron chi connectivity index (χ2n) is 6.80. The molecule has 5 nitrogen and oxygen atoms in total. The first-order valence-electron chi connectivity index (χ1n) is 8.90. The minimum Gasteiger partial charge on any atom is -0.453 e. The number of aromatic nitrogens is 1. The van der Waals surface area contributed by atoms with Crippen molar-refractivity contribution in [1.82, 2.24) is 4.98 Å². The highest BCUT2D eigenvalue weighted by Gasteiger charge is 2.22. The molecule has 2 aromatic heterocycles. The van der Waals surface area contributed by atoms with Crippen LogP contribution in [0.25, 0.3) is 0 Å². The molecule has 0 radical (unpaired) electrons. The normalized spacial score (nSPS) is 13.8. The third kappa shape index (κ3) is 3.65. The molecule has 0 atom stereocenters. The maximum absolute atomic E-state index is 12.4. The number of Topliss-reactive ketones (excluding diaryl/α,β-unsaturated/α-hetero) is 2. The Morgan fingerprint density at radius 2 is 1.88 bits per heavy atom. The van der Waals surface area contributed by atoms with Gasteiger partial charge in [0.15, 0.2) is 12.4 Å². The molecule has 0 unspecified atom stereocenters. The van der Waals surface area contributed by atoms with Crippen molar-refractivity contribution < 1.29 is 19.1 Å². The van der Waals surface area contributed by atoms with Crippen molar-refractivity contribution in [3.8, 4) is 0 Å². The van der Waals surface area contributed by atoms with E-state index in [1.165, 1.54) is 35.1 Å². The highest BCUT2D eigenvalue weighted by Crippen LogP contribution is 2.29. The van der Waals surface area contributed by atoms with E-state index in [0.29, 0.717) is 27.4 Å². The van der Waals surface area contributed by atoms with Gasteiger partial charge >= 0.3 is 5.97 Å². The molecule has 0 aromatic carbocycles. The number of thiophene rings is 1. The molecule has 2 heterocycles. The molecule has 1 aliphatic carbocycles. The Balaban J connectivity index is 1.67. The fraction of sp³-hybridized carbons (Fsp3) is 0.450. The second-order valence-corrected chi connectivity index (χ2v) is 7.94. The van der Waals surface area contributed by atoms with E-state index in [2.05, 4.69) is 4.98 Å². The van der Waals surface area contributed by atoms with Crippen molar-refractivity contribution >= 4 is 28.9 Å². The number of aryl methyl sites for hydroxylation is 3. The number of rotatable bonds is 5. The molecule has 6 heteroatoms. The zero-order valence-electron chi connectivity index (χ0n) is 15.4. The summed E-state index contributed by atoms with van der Waals surface area (Å²) in [6.45, 7) is 4.62. The first-order valence-corrected chi connectivity index (χ1v) is 9.72. The van der Waals surface area contributed by atoms with E-state index in [1.54, 1.807) is 13.8 Å². The molecule has 1 N–H and O–H groups in total. The van der Waals surface area contributed by atoms with Crippen LogP contribution in [0.1, 0.15) is 78.4 Å².